The van der Waals surface area contributed by atoms with Crippen LogP contribution in [0, 0.1) is 11.6 Å². The zero-order valence-electron chi connectivity index (χ0n) is 15.9. The Balaban J connectivity index is 1.32. The highest BCUT2D eigenvalue weighted by Gasteiger charge is 2.21. The minimum absolute atomic E-state index is 0.243. The molecule has 3 heterocycles. The predicted octanol–water partition coefficient (Wildman–Crippen LogP) is 5.47. The number of thiazole rings is 2. The summed E-state index contributed by atoms with van der Waals surface area (Å²) in [7, 11) is 0. The van der Waals surface area contributed by atoms with Crippen molar-refractivity contribution in [1.29, 1.82) is 0 Å². The lowest BCUT2D eigenvalue weighted by Crippen LogP contribution is -2.22. The number of nitrogens with one attached hydrogen (secondary N) is 1. The summed E-state index contributed by atoms with van der Waals surface area (Å²) < 4.78 is 29.6. The standard InChI is InChI=1S/C20H13F2N5OS3/c1-10(30-19-25-26-20-27(19)15-4-2-3-5-16(15)31-20)17(28)24-18-23-14(9-29-18)11-6-7-12(21)13(22)8-11/h2-10H,1H3,(H,23,24,28)/t10-/m0/s1. The lowest BCUT2D eigenvalue weighted by atomic mass is 10.2. The first kappa shape index (κ1) is 20.0. The van der Waals surface area contributed by atoms with Crippen LogP contribution in [-0.4, -0.2) is 30.7 Å². The molecule has 0 aliphatic heterocycles. The van der Waals surface area contributed by atoms with E-state index in [1.54, 1.807) is 23.6 Å². The van der Waals surface area contributed by atoms with Crippen LogP contribution in [-0.2, 0) is 4.79 Å². The smallest absolute Gasteiger partial charge is 0.239 e. The SMILES string of the molecule is C[C@H](Sc1nnc2sc3ccccc3n12)C(=O)Nc1nc(-c2ccc(F)c(F)c2)cs1. The zero-order chi connectivity index (χ0) is 21.5. The van der Waals surface area contributed by atoms with E-state index in [1.807, 2.05) is 28.7 Å². The van der Waals surface area contributed by atoms with E-state index in [0.717, 1.165) is 27.3 Å². The average molecular weight is 474 g/mol. The van der Waals surface area contributed by atoms with Gasteiger partial charge >= 0.3 is 0 Å². The van der Waals surface area contributed by atoms with Crippen LogP contribution in [0.4, 0.5) is 13.9 Å². The highest BCUT2D eigenvalue weighted by molar-refractivity contribution is 8.00. The quantitative estimate of drug-likeness (QED) is 0.343. The summed E-state index contributed by atoms with van der Waals surface area (Å²) in [5.74, 6) is -2.10. The molecular formula is C20H13F2N5OS3. The number of rotatable bonds is 5. The van der Waals surface area contributed by atoms with Gasteiger partial charge in [0.15, 0.2) is 21.9 Å². The van der Waals surface area contributed by atoms with Crippen LogP contribution in [0.25, 0.3) is 26.4 Å². The molecule has 1 amide bonds. The van der Waals surface area contributed by atoms with Gasteiger partial charge in [-0.15, -0.1) is 21.5 Å². The highest BCUT2D eigenvalue weighted by atomic mass is 32.2. The van der Waals surface area contributed by atoms with Crippen molar-refractivity contribution in [3.63, 3.8) is 0 Å². The van der Waals surface area contributed by atoms with Crippen LogP contribution < -0.4 is 5.32 Å². The molecule has 2 aromatic carbocycles. The van der Waals surface area contributed by atoms with Crippen molar-refractivity contribution in [3.05, 3.63) is 59.5 Å². The number of nitrogens with zero attached hydrogens (tertiary/aromatic N) is 4. The molecule has 1 atom stereocenters. The van der Waals surface area contributed by atoms with E-state index in [0.29, 0.717) is 21.5 Å². The minimum atomic E-state index is -0.943. The third-order valence-electron chi connectivity index (χ3n) is 4.51. The second kappa shape index (κ2) is 7.98. The lowest BCUT2D eigenvalue weighted by Gasteiger charge is -2.09. The summed E-state index contributed by atoms with van der Waals surface area (Å²) in [6.07, 6.45) is 0. The van der Waals surface area contributed by atoms with Gasteiger partial charge in [0.1, 0.15) is 0 Å². The van der Waals surface area contributed by atoms with E-state index in [-0.39, 0.29) is 5.91 Å². The molecule has 3 aromatic heterocycles. The molecule has 11 heteroatoms. The Kier molecular flexibility index (Phi) is 5.16. The van der Waals surface area contributed by atoms with Gasteiger partial charge in [0.25, 0.3) is 0 Å². The predicted molar refractivity (Wildman–Crippen MR) is 120 cm³/mol. The molecule has 0 fully saturated rings. The molecule has 0 saturated heterocycles. The maximum atomic E-state index is 13.5. The lowest BCUT2D eigenvalue weighted by molar-refractivity contribution is -0.115. The highest BCUT2D eigenvalue weighted by Crippen LogP contribution is 2.32. The van der Waals surface area contributed by atoms with E-state index in [9.17, 15) is 13.6 Å². The second-order valence-electron chi connectivity index (χ2n) is 6.59. The molecule has 0 aliphatic carbocycles. The van der Waals surface area contributed by atoms with Gasteiger partial charge in [-0.2, -0.15) is 0 Å². The Morgan fingerprint density at radius 3 is 2.84 bits per heavy atom. The molecule has 5 rings (SSSR count). The van der Waals surface area contributed by atoms with Crippen LogP contribution in [0.3, 0.4) is 0 Å². The second-order valence-corrected chi connectivity index (χ2v) is 9.76. The van der Waals surface area contributed by atoms with E-state index in [2.05, 4.69) is 20.5 Å². The molecule has 0 unspecified atom stereocenters. The number of hydrogen-bond acceptors (Lipinski definition) is 7. The van der Waals surface area contributed by atoms with Crippen molar-refractivity contribution >= 4 is 60.7 Å². The number of carbonyl (C=O) groups is 1. The zero-order valence-corrected chi connectivity index (χ0v) is 18.3. The first-order valence-electron chi connectivity index (χ1n) is 9.11. The summed E-state index contributed by atoms with van der Waals surface area (Å²) in [5.41, 5.74) is 1.90. The summed E-state index contributed by atoms with van der Waals surface area (Å²) in [5, 5.41) is 13.4. The molecule has 156 valence electrons. The average Bonchev–Trinajstić information content (AvgIpc) is 3.46. The Morgan fingerprint density at radius 1 is 1.16 bits per heavy atom. The van der Waals surface area contributed by atoms with Crippen molar-refractivity contribution in [2.75, 3.05) is 5.32 Å². The number of carbonyl (C=O) groups excluding carboxylic acids is 1. The summed E-state index contributed by atoms with van der Waals surface area (Å²) in [6, 6.07) is 11.5. The maximum absolute atomic E-state index is 13.5. The van der Waals surface area contributed by atoms with Crippen LogP contribution in [0.5, 0.6) is 0 Å². The van der Waals surface area contributed by atoms with Crippen molar-refractivity contribution < 1.29 is 13.6 Å². The third-order valence-corrected chi connectivity index (χ3v) is 7.32. The molecule has 0 radical (unpaired) electrons. The number of aromatic nitrogens is 4. The largest absolute Gasteiger partial charge is 0.301 e. The van der Waals surface area contributed by atoms with Crippen molar-refractivity contribution in [2.45, 2.75) is 17.3 Å². The number of benzene rings is 2. The van der Waals surface area contributed by atoms with Crippen LogP contribution in [0.15, 0.2) is 53.0 Å². The number of thioether (sulfide) groups is 1. The monoisotopic (exact) mass is 473 g/mol. The van der Waals surface area contributed by atoms with Crippen LogP contribution >= 0.6 is 34.4 Å². The number of fused-ring (bicyclic) bond motifs is 3. The van der Waals surface area contributed by atoms with E-state index >= 15 is 0 Å². The molecule has 0 bridgehead atoms. The molecular weight excluding hydrogens is 460 g/mol. The first-order chi connectivity index (χ1) is 15.0. The molecule has 0 spiro atoms. The minimum Gasteiger partial charge on any atom is -0.301 e. The normalized spacial score (nSPS) is 12.5. The molecule has 5 aromatic rings. The third kappa shape index (κ3) is 3.80. The Hall–Kier alpha value is -2.89. The van der Waals surface area contributed by atoms with Gasteiger partial charge in [-0.25, -0.2) is 13.8 Å². The van der Waals surface area contributed by atoms with Crippen LogP contribution in [0.1, 0.15) is 6.92 Å². The van der Waals surface area contributed by atoms with Crippen molar-refractivity contribution in [3.8, 4) is 11.3 Å². The fraction of sp³-hybridized carbons (Fsp3) is 0.100. The summed E-state index contributed by atoms with van der Waals surface area (Å²) in [6.45, 7) is 1.78. The van der Waals surface area contributed by atoms with Gasteiger partial charge in [0, 0.05) is 10.9 Å². The van der Waals surface area contributed by atoms with Gasteiger partial charge in [-0.1, -0.05) is 35.2 Å². The topological polar surface area (TPSA) is 72.2 Å². The summed E-state index contributed by atoms with van der Waals surface area (Å²) in [4.78, 5) is 17.8. The molecule has 0 saturated carbocycles. The van der Waals surface area contributed by atoms with E-state index in [1.165, 1.54) is 29.2 Å². The maximum Gasteiger partial charge on any atom is 0.239 e. The molecule has 6 nitrogen and oxygen atoms in total. The van der Waals surface area contributed by atoms with Crippen LogP contribution in [0.2, 0.25) is 0 Å². The number of amides is 1. The number of para-hydroxylation sites is 1. The van der Waals surface area contributed by atoms with Crippen molar-refractivity contribution in [1.82, 2.24) is 19.6 Å². The number of halogens is 2. The van der Waals surface area contributed by atoms with Crippen molar-refractivity contribution in [2.24, 2.45) is 0 Å². The van der Waals surface area contributed by atoms with E-state index < -0.39 is 16.9 Å². The van der Waals surface area contributed by atoms with E-state index in [4.69, 9.17) is 0 Å². The number of hydrogen-bond donors (Lipinski definition) is 1. The fourth-order valence-electron chi connectivity index (χ4n) is 2.97. The molecule has 31 heavy (non-hydrogen) atoms. The fourth-order valence-corrected chi connectivity index (χ4v) is 5.58. The van der Waals surface area contributed by atoms with Gasteiger partial charge in [-0.3, -0.25) is 9.20 Å². The Labute approximate surface area is 187 Å². The van der Waals surface area contributed by atoms with Gasteiger partial charge in [0.2, 0.25) is 10.9 Å². The Morgan fingerprint density at radius 2 is 2.00 bits per heavy atom. The number of anilines is 1. The molecule has 0 aliphatic rings. The first-order valence-corrected chi connectivity index (χ1v) is 11.7. The van der Waals surface area contributed by atoms with Gasteiger partial charge < -0.3 is 5.32 Å². The van der Waals surface area contributed by atoms with Gasteiger partial charge in [0.05, 0.1) is 21.2 Å². The van der Waals surface area contributed by atoms with Gasteiger partial charge in [-0.05, 0) is 37.3 Å². The molecule has 1 N–H and O–H groups in total. The Bertz CT molecular complexity index is 1430. The summed E-state index contributed by atoms with van der Waals surface area (Å²) >= 11 is 4.06.